The van der Waals surface area contributed by atoms with E-state index in [-0.39, 0.29) is 6.42 Å². The van der Waals surface area contributed by atoms with Crippen LogP contribution in [0, 0.1) is 17.8 Å². The fraction of sp³-hybridized carbons (Fsp3) is 0.750. The first-order valence-electron chi connectivity index (χ1n) is 5.73. The fourth-order valence-corrected chi connectivity index (χ4v) is 2.65. The van der Waals surface area contributed by atoms with Gasteiger partial charge in [0, 0.05) is 19.6 Å². The number of ether oxygens (including phenoxy) is 1. The van der Waals surface area contributed by atoms with Gasteiger partial charge in [-0.3, -0.25) is 4.79 Å². The average molecular weight is 210 g/mol. The first-order chi connectivity index (χ1) is 7.25. The van der Waals surface area contributed by atoms with Crippen molar-refractivity contribution in [1.29, 1.82) is 0 Å². The third-order valence-electron chi connectivity index (χ3n) is 3.43. The lowest BCUT2D eigenvalue weighted by atomic mass is 9.95. The van der Waals surface area contributed by atoms with E-state index in [9.17, 15) is 4.79 Å². The van der Waals surface area contributed by atoms with Crippen LogP contribution in [0.5, 0.6) is 0 Å². The molecule has 0 aromatic heterocycles. The van der Waals surface area contributed by atoms with Crippen LogP contribution in [0.3, 0.4) is 0 Å². The molecule has 0 radical (unpaired) electrons. The lowest BCUT2D eigenvalue weighted by Crippen LogP contribution is -2.15. The van der Waals surface area contributed by atoms with Crippen molar-refractivity contribution in [2.24, 2.45) is 17.8 Å². The van der Waals surface area contributed by atoms with Crippen LogP contribution in [0.4, 0.5) is 0 Å². The van der Waals surface area contributed by atoms with Crippen molar-refractivity contribution in [2.45, 2.75) is 25.7 Å². The minimum Gasteiger partial charge on any atom is -0.481 e. The fourth-order valence-electron chi connectivity index (χ4n) is 2.65. The van der Waals surface area contributed by atoms with E-state index in [2.05, 4.69) is 12.2 Å². The average Bonchev–Trinajstić information content (AvgIpc) is 2.78. The quantitative estimate of drug-likeness (QED) is 0.539. The van der Waals surface area contributed by atoms with Gasteiger partial charge in [-0.15, -0.1) is 0 Å². The lowest BCUT2D eigenvalue weighted by molar-refractivity contribution is -0.137. The highest BCUT2D eigenvalue weighted by Crippen LogP contribution is 2.43. The number of carbonyl (C=O) groups is 1. The van der Waals surface area contributed by atoms with E-state index in [1.54, 1.807) is 0 Å². The Bertz CT molecular complexity index is 260. The number of rotatable bonds is 6. The summed E-state index contributed by atoms with van der Waals surface area (Å²) in [4.78, 5) is 10.3. The van der Waals surface area contributed by atoms with E-state index in [1.807, 2.05) is 0 Å². The molecule has 1 saturated carbocycles. The molecule has 84 valence electrons. The predicted octanol–water partition coefficient (Wildman–Crippen LogP) is 2.08. The molecule has 2 aliphatic carbocycles. The summed E-state index contributed by atoms with van der Waals surface area (Å²) in [7, 11) is 0. The predicted molar refractivity (Wildman–Crippen MR) is 56.5 cm³/mol. The van der Waals surface area contributed by atoms with Crippen LogP contribution in [0.2, 0.25) is 0 Å². The summed E-state index contributed by atoms with van der Waals surface area (Å²) >= 11 is 0. The lowest BCUT2D eigenvalue weighted by Gasteiger charge is -2.17. The molecule has 0 aromatic rings. The molecule has 0 aromatic carbocycles. The summed E-state index contributed by atoms with van der Waals surface area (Å²) in [5, 5.41) is 8.45. The van der Waals surface area contributed by atoms with E-state index in [1.165, 1.54) is 12.8 Å². The van der Waals surface area contributed by atoms with Gasteiger partial charge in [0.2, 0.25) is 0 Å². The monoisotopic (exact) mass is 210 g/mol. The van der Waals surface area contributed by atoms with Crippen molar-refractivity contribution in [3.63, 3.8) is 0 Å². The SMILES string of the molecule is O=C(O)CCCOCC1CC2C=CC1C2. The molecule has 0 aliphatic heterocycles. The first-order valence-corrected chi connectivity index (χ1v) is 5.73. The second kappa shape index (κ2) is 4.79. The van der Waals surface area contributed by atoms with Gasteiger partial charge in [0.1, 0.15) is 0 Å². The molecule has 2 aliphatic rings. The van der Waals surface area contributed by atoms with Gasteiger partial charge in [-0.1, -0.05) is 12.2 Å². The van der Waals surface area contributed by atoms with Crippen LogP contribution < -0.4 is 0 Å². The maximum atomic E-state index is 10.3. The minimum atomic E-state index is -0.735. The molecule has 0 saturated heterocycles. The standard InChI is InChI=1S/C12H18O3/c13-12(14)2-1-5-15-8-11-7-9-3-4-10(11)6-9/h3-4,9-11H,1-2,5-8H2,(H,13,14). The highest BCUT2D eigenvalue weighted by molar-refractivity contribution is 5.66. The van der Waals surface area contributed by atoms with E-state index in [0.717, 1.165) is 18.4 Å². The number of hydrogen-bond acceptors (Lipinski definition) is 2. The topological polar surface area (TPSA) is 46.5 Å². The Hall–Kier alpha value is -0.830. The highest BCUT2D eigenvalue weighted by Gasteiger charge is 2.35. The number of carboxylic acid groups (broad SMARTS) is 1. The smallest absolute Gasteiger partial charge is 0.303 e. The summed E-state index contributed by atoms with van der Waals surface area (Å²) in [6.45, 7) is 1.40. The van der Waals surface area contributed by atoms with E-state index < -0.39 is 5.97 Å². The summed E-state index contributed by atoms with van der Waals surface area (Å²) in [5.41, 5.74) is 0. The molecule has 3 nitrogen and oxygen atoms in total. The first kappa shape index (κ1) is 10.7. The number of hydrogen-bond donors (Lipinski definition) is 1. The second-order valence-electron chi connectivity index (χ2n) is 4.61. The summed E-state index contributed by atoms with van der Waals surface area (Å²) in [5.74, 6) is 1.48. The minimum absolute atomic E-state index is 0.219. The van der Waals surface area contributed by atoms with Crippen molar-refractivity contribution in [1.82, 2.24) is 0 Å². The van der Waals surface area contributed by atoms with Crippen molar-refractivity contribution in [2.75, 3.05) is 13.2 Å². The van der Waals surface area contributed by atoms with Gasteiger partial charge in [-0.05, 0) is 37.0 Å². The van der Waals surface area contributed by atoms with Crippen molar-refractivity contribution < 1.29 is 14.6 Å². The number of carboxylic acids is 1. The third-order valence-corrected chi connectivity index (χ3v) is 3.43. The van der Waals surface area contributed by atoms with Crippen molar-refractivity contribution >= 4 is 5.97 Å². The Morgan fingerprint density at radius 2 is 2.27 bits per heavy atom. The van der Waals surface area contributed by atoms with E-state index >= 15 is 0 Å². The molecule has 3 atom stereocenters. The molecule has 15 heavy (non-hydrogen) atoms. The Kier molecular flexibility index (Phi) is 3.41. The van der Waals surface area contributed by atoms with Crippen molar-refractivity contribution in [3.8, 4) is 0 Å². The maximum Gasteiger partial charge on any atom is 0.303 e. The summed E-state index contributed by atoms with van der Waals surface area (Å²) < 4.78 is 5.52. The number of fused-ring (bicyclic) bond motifs is 2. The summed E-state index contributed by atoms with van der Waals surface area (Å²) in [6, 6.07) is 0. The molecule has 1 fully saturated rings. The van der Waals surface area contributed by atoms with Gasteiger partial charge < -0.3 is 9.84 Å². The maximum absolute atomic E-state index is 10.3. The van der Waals surface area contributed by atoms with Crippen molar-refractivity contribution in [3.05, 3.63) is 12.2 Å². The molecule has 1 N–H and O–H groups in total. The molecule has 0 spiro atoms. The zero-order valence-corrected chi connectivity index (χ0v) is 8.89. The molecule has 2 rings (SSSR count). The molecular formula is C12H18O3. The van der Waals surface area contributed by atoms with E-state index in [0.29, 0.717) is 18.9 Å². The molecular weight excluding hydrogens is 192 g/mol. The van der Waals surface area contributed by atoms with Crippen LogP contribution in [0.25, 0.3) is 0 Å². The van der Waals surface area contributed by atoms with Crippen LogP contribution in [-0.4, -0.2) is 24.3 Å². The van der Waals surface area contributed by atoms with Crippen LogP contribution >= 0.6 is 0 Å². The number of aliphatic carboxylic acids is 1. The third kappa shape index (κ3) is 2.81. The van der Waals surface area contributed by atoms with Gasteiger partial charge in [0.15, 0.2) is 0 Å². The zero-order valence-electron chi connectivity index (χ0n) is 8.89. The normalized spacial score (nSPS) is 32.4. The molecule has 0 amide bonds. The van der Waals surface area contributed by atoms with Gasteiger partial charge in [-0.25, -0.2) is 0 Å². The summed E-state index contributed by atoms with van der Waals surface area (Å²) in [6.07, 6.45) is 8.07. The van der Waals surface area contributed by atoms with Gasteiger partial charge in [0.25, 0.3) is 0 Å². The van der Waals surface area contributed by atoms with Crippen LogP contribution in [0.15, 0.2) is 12.2 Å². The molecule has 3 unspecified atom stereocenters. The van der Waals surface area contributed by atoms with Gasteiger partial charge in [0.05, 0.1) is 0 Å². The Labute approximate surface area is 90.1 Å². The highest BCUT2D eigenvalue weighted by atomic mass is 16.5. The Morgan fingerprint density at radius 1 is 1.40 bits per heavy atom. The molecule has 3 heteroatoms. The Balaban J connectivity index is 1.55. The zero-order chi connectivity index (χ0) is 10.7. The molecule has 2 bridgehead atoms. The largest absolute Gasteiger partial charge is 0.481 e. The number of allylic oxidation sites excluding steroid dienone is 2. The molecule has 0 heterocycles. The Morgan fingerprint density at radius 3 is 2.87 bits per heavy atom. The van der Waals surface area contributed by atoms with Crippen LogP contribution in [0.1, 0.15) is 25.7 Å². The van der Waals surface area contributed by atoms with E-state index in [4.69, 9.17) is 9.84 Å². The van der Waals surface area contributed by atoms with Crippen LogP contribution in [-0.2, 0) is 9.53 Å². The second-order valence-corrected chi connectivity index (χ2v) is 4.61. The van der Waals surface area contributed by atoms with Gasteiger partial charge in [-0.2, -0.15) is 0 Å². The van der Waals surface area contributed by atoms with Gasteiger partial charge >= 0.3 is 5.97 Å².